The standard InChI is InChI=1S/C9H14N2O3S/c10-6-8-5-9(14-11-8)7-1-3-15(12,13)4-2-7/h5,7H,1-4,6,10H2. The van der Waals surface area contributed by atoms with E-state index in [1.165, 1.54) is 0 Å². The Bertz CT molecular complexity index is 424. The van der Waals surface area contributed by atoms with Crippen LogP contribution in [0.3, 0.4) is 0 Å². The summed E-state index contributed by atoms with van der Waals surface area (Å²) < 4.78 is 27.6. The van der Waals surface area contributed by atoms with Crippen molar-refractivity contribution in [2.75, 3.05) is 11.5 Å². The highest BCUT2D eigenvalue weighted by molar-refractivity contribution is 7.91. The van der Waals surface area contributed by atoms with Crippen molar-refractivity contribution in [3.05, 3.63) is 17.5 Å². The molecule has 0 radical (unpaired) electrons. The van der Waals surface area contributed by atoms with Gasteiger partial charge in [-0.25, -0.2) is 8.42 Å². The van der Waals surface area contributed by atoms with Gasteiger partial charge in [-0.1, -0.05) is 5.16 Å². The van der Waals surface area contributed by atoms with Gasteiger partial charge < -0.3 is 10.3 Å². The highest BCUT2D eigenvalue weighted by atomic mass is 32.2. The smallest absolute Gasteiger partial charge is 0.150 e. The number of hydrogen-bond acceptors (Lipinski definition) is 5. The van der Waals surface area contributed by atoms with Crippen LogP contribution < -0.4 is 5.73 Å². The van der Waals surface area contributed by atoms with E-state index in [-0.39, 0.29) is 17.4 Å². The second kappa shape index (κ2) is 3.94. The fourth-order valence-electron chi connectivity index (χ4n) is 1.79. The van der Waals surface area contributed by atoms with Crippen LogP contribution in [0.15, 0.2) is 10.6 Å². The molecule has 0 saturated carbocycles. The molecular weight excluding hydrogens is 216 g/mol. The number of sulfone groups is 1. The highest BCUT2D eigenvalue weighted by Crippen LogP contribution is 2.29. The average Bonchev–Trinajstić information content (AvgIpc) is 2.66. The fraction of sp³-hybridized carbons (Fsp3) is 0.667. The first-order valence-corrected chi connectivity index (χ1v) is 6.79. The molecule has 1 saturated heterocycles. The van der Waals surface area contributed by atoms with E-state index in [1.54, 1.807) is 0 Å². The van der Waals surface area contributed by atoms with Gasteiger partial charge in [-0.2, -0.15) is 0 Å². The van der Waals surface area contributed by atoms with Crippen LogP contribution in [0.5, 0.6) is 0 Å². The Kier molecular flexibility index (Phi) is 2.79. The average molecular weight is 230 g/mol. The SMILES string of the molecule is NCc1cc(C2CCS(=O)(=O)CC2)on1. The Balaban J connectivity index is 2.07. The maximum Gasteiger partial charge on any atom is 0.150 e. The van der Waals surface area contributed by atoms with Crippen molar-refractivity contribution in [1.82, 2.24) is 5.16 Å². The van der Waals surface area contributed by atoms with Gasteiger partial charge in [0, 0.05) is 18.5 Å². The van der Waals surface area contributed by atoms with Crippen molar-refractivity contribution < 1.29 is 12.9 Å². The minimum Gasteiger partial charge on any atom is -0.361 e. The Morgan fingerprint density at radius 2 is 2.13 bits per heavy atom. The van der Waals surface area contributed by atoms with Gasteiger partial charge in [0.15, 0.2) is 0 Å². The van der Waals surface area contributed by atoms with Crippen LogP contribution in [0.1, 0.15) is 30.2 Å². The maximum absolute atomic E-state index is 11.2. The Hall–Kier alpha value is -0.880. The van der Waals surface area contributed by atoms with Crippen LogP contribution in [0.25, 0.3) is 0 Å². The molecule has 0 bridgehead atoms. The topological polar surface area (TPSA) is 86.2 Å². The lowest BCUT2D eigenvalue weighted by Crippen LogP contribution is -2.21. The summed E-state index contributed by atoms with van der Waals surface area (Å²) >= 11 is 0. The normalized spacial score (nSPS) is 21.7. The number of nitrogens with two attached hydrogens (primary N) is 1. The number of hydrogen-bond donors (Lipinski definition) is 1. The molecule has 1 aliphatic heterocycles. The van der Waals surface area contributed by atoms with Crippen LogP contribution in [0.2, 0.25) is 0 Å². The molecule has 15 heavy (non-hydrogen) atoms. The molecule has 1 aromatic rings. The van der Waals surface area contributed by atoms with Crippen LogP contribution in [-0.2, 0) is 16.4 Å². The Morgan fingerprint density at radius 1 is 1.47 bits per heavy atom. The van der Waals surface area contributed by atoms with Crippen molar-refractivity contribution >= 4 is 9.84 Å². The van der Waals surface area contributed by atoms with Gasteiger partial charge in [-0.15, -0.1) is 0 Å². The molecule has 2 rings (SSSR count). The van der Waals surface area contributed by atoms with Crippen molar-refractivity contribution in [2.24, 2.45) is 5.73 Å². The van der Waals surface area contributed by atoms with Crippen LogP contribution in [-0.4, -0.2) is 25.1 Å². The lowest BCUT2D eigenvalue weighted by atomic mass is 10.00. The first kappa shape index (κ1) is 10.6. The molecule has 0 aromatic carbocycles. The predicted molar refractivity (Wildman–Crippen MR) is 55.0 cm³/mol. The second-order valence-electron chi connectivity index (χ2n) is 3.85. The van der Waals surface area contributed by atoms with E-state index in [4.69, 9.17) is 10.3 Å². The summed E-state index contributed by atoms with van der Waals surface area (Å²) in [6.45, 7) is 0.356. The van der Waals surface area contributed by atoms with E-state index in [1.807, 2.05) is 6.07 Å². The Labute approximate surface area is 88.5 Å². The molecule has 0 unspecified atom stereocenters. The van der Waals surface area contributed by atoms with Gasteiger partial charge in [-0.05, 0) is 12.8 Å². The molecule has 0 atom stereocenters. The minimum absolute atomic E-state index is 0.182. The summed E-state index contributed by atoms with van der Waals surface area (Å²) in [5.74, 6) is 1.44. The lowest BCUT2D eigenvalue weighted by molar-refractivity contribution is 0.346. The molecule has 0 amide bonds. The third-order valence-electron chi connectivity index (χ3n) is 2.74. The van der Waals surface area contributed by atoms with E-state index in [2.05, 4.69) is 5.16 Å². The molecule has 0 aliphatic carbocycles. The first-order chi connectivity index (χ1) is 7.11. The van der Waals surface area contributed by atoms with Crippen LogP contribution in [0, 0.1) is 0 Å². The third kappa shape index (κ3) is 2.38. The molecule has 5 nitrogen and oxygen atoms in total. The van der Waals surface area contributed by atoms with Gasteiger partial charge in [0.1, 0.15) is 15.6 Å². The van der Waals surface area contributed by atoms with Gasteiger partial charge in [0.2, 0.25) is 0 Å². The second-order valence-corrected chi connectivity index (χ2v) is 6.15. The summed E-state index contributed by atoms with van der Waals surface area (Å²) in [7, 11) is -2.81. The van der Waals surface area contributed by atoms with Gasteiger partial charge in [0.25, 0.3) is 0 Å². The molecule has 6 heteroatoms. The van der Waals surface area contributed by atoms with E-state index in [0.29, 0.717) is 19.4 Å². The van der Waals surface area contributed by atoms with Crippen LogP contribution in [0.4, 0.5) is 0 Å². The molecule has 1 aliphatic rings. The van der Waals surface area contributed by atoms with Crippen molar-refractivity contribution in [3.8, 4) is 0 Å². The van der Waals surface area contributed by atoms with Gasteiger partial charge in [-0.3, -0.25) is 0 Å². The molecule has 1 fully saturated rings. The van der Waals surface area contributed by atoms with Crippen LogP contribution >= 0.6 is 0 Å². The highest BCUT2D eigenvalue weighted by Gasteiger charge is 2.27. The van der Waals surface area contributed by atoms with E-state index in [0.717, 1.165) is 11.5 Å². The van der Waals surface area contributed by atoms with E-state index < -0.39 is 9.84 Å². The third-order valence-corrected chi connectivity index (χ3v) is 4.46. The summed E-state index contributed by atoms with van der Waals surface area (Å²) in [5, 5.41) is 3.80. The zero-order valence-electron chi connectivity index (χ0n) is 8.35. The summed E-state index contributed by atoms with van der Waals surface area (Å²) in [6.07, 6.45) is 1.25. The molecule has 1 aromatic heterocycles. The number of rotatable bonds is 2. The largest absolute Gasteiger partial charge is 0.361 e. The zero-order valence-corrected chi connectivity index (χ0v) is 9.16. The first-order valence-electron chi connectivity index (χ1n) is 4.97. The lowest BCUT2D eigenvalue weighted by Gasteiger charge is -2.18. The molecular formula is C9H14N2O3S. The molecule has 2 heterocycles. The van der Waals surface area contributed by atoms with Crippen molar-refractivity contribution in [3.63, 3.8) is 0 Å². The monoisotopic (exact) mass is 230 g/mol. The summed E-state index contributed by atoms with van der Waals surface area (Å²) in [6, 6.07) is 1.82. The number of nitrogens with zero attached hydrogens (tertiary/aromatic N) is 1. The van der Waals surface area contributed by atoms with Crippen molar-refractivity contribution in [2.45, 2.75) is 25.3 Å². The maximum atomic E-state index is 11.2. The van der Waals surface area contributed by atoms with E-state index in [9.17, 15) is 8.42 Å². The van der Waals surface area contributed by atoms with Crippen molar-refractivity contribution in [1.29, 1.82) is 0 Å². The number of aromatic nitrogens is 1. The van der Waals surface area contributed by atoms with Gasteiger partial charge in [0.05, 0.1) is 17.2 Å². The Morgan fingerprint density at radius 3 is 2.67 bits per heavy atom. The minimum atomic E-state index is -2.81. The molecule has 2 N–H and O–H groups in total. The summed E-state index contributed by atoms with van der Waals surface area (Å²) in [4.78, 5) is 0. The fourth-order valence-corrected chi connectivity index (χ4v) is 3.28. The quantitative estimate of drug-likeness (QED) is 0.796. The van der Waals surface area contributed by atoms with Gasteiger partial charge >= 0.3 is 0 Å². The van der Waals surface area contributed by atoms with E-state index >= 15 is 0 Å². The zero-order chi connectivity index (χ0) is 10.9. The molecule has 84 valence electrons. The predicted octanol–water partition coefficient (Wildman–Crippen LogP) is 0.425. The summed E-state index contributed by atoms with van der Waals surface area (Å²) in [5.41, 5.74) is 6.14. The molecule has 0 spiro atoms.